The number of aliphatic carboxylic acids is 2. The molecule has 0 atom stereocenters. The highest BCUT2D eigenvalue weighted by Crippen LogP contribution is 2.00. The van der Waals surface area contributed by atoms with E-state index in [1.54, 1.807) is 11.8 Å². The van der Waals surface area contributed by atoms with Crippen LogP contribution in [0.5, 0.6) is 0 Å². The first-order valence-corrected chi connectivity index (χ1v) is 6.20. The Morgan fingerprint density at radius 3 is 1.94 bits per heavy atom. The molecule has 2 amide bonds. The molecule has 0 aromatic heterocycles. The van der Waals surface area contributed by atoms with Gasteiger partial charge in [0.15, 0.2) is 0 Å². The Kier molecular flexibility index (Phi) is 7.11. The van der Waals surface area contributed by atoms with E-state index in [-0.39, 0.29) is 0 Å². The first kappa shape index (κ1) is 15.6. The average Bonchev–Trinajstić information content (AvgIpc) is 2.22. The molecule has 0 heterocycles. The van der Waals surface area contributed by atoms with Crippen LogP contribution in [0, 0.1) is 0 Å². The Hall–Kier alpha value is -1.44. The number of nitrogens with zero attached hydrogens (tertiary/aromatic N) is 2. The molecule has 0 rings (SSSR count). The third kappa shape index (κ3) is 6.67. The maximum atomic E-state index is 11.7. The SMILES string of the molecule is CSCCN(C)C(=O)N(CC(=O)O)CC(=O)O. The van der Waals surface area contributed by atoms with Gasteiger partial charge < -0.3 is 20.0 Å². The van der Waals surface area contributed by atoms with Gasteiger partial charge >= 0.3 is 18.0 Å². The second kappa shape index (κ2) is 7.77. The number of amides is 2. The lowest BCUT2D eigenvalue weighted by Gasteiger charge is -2.25. The number of rotatable bonds is 7. The summed E-state index contributed by atoms with van der Waals surface area (Å²) in [5.74, 6) is -1.77. The highest BCUT2D eigenvalue weighted by atomic mass is 32.2. The summed E-state index contributed by atoms with van der Waals surface area (Å²) in [5, 5.41) is 17.2. The Labute approximate surface area is 103 Å². The van der Waals surface area contributed by atoms with Gasteiger partial charge in [0.1, 0.15) is 13.1 Å². The van der Waals surface area contributed by atoms with E-state index >= 15 is 0 Å². The van der Waals surface area contributed by atoms with Crippen LogP contribution in [0.1, 0.15) is 0 Å². The molecular formula is C9H16N2O5S. The van der Waals surface area contributed by atoms with Gasteiger partial charge in [-0.1, -0.05) is 0 Å². The van der Waals surface area contributed by atoms with E-state index in [4.69, 9.17) is 10.2 Å². The van der Waals surface area contributed by atoms with Crippen molar-refractivity contribution in [2.45, 2.75) is 0 Å². The van der Waals surface area contributed by atoms with Gasteiger partial charge in [-0.15, -0.1) is 0 Å². The van der Waals surface area contributed by atoms with Gasteiger partial charge in [-0.25, -0.2) is 4.79 Å². The van der Waals surface area contributed by atoms with Crippen molar-refractivity contribution in [2.24, 2.45) is 0 Å². The highest BCUT2D eigenvalue weighted by Gasteiger charge is 2.22. The molecular weight excluding hydrogens is 248 g/mol. The largest absolute Gasteiger partial charge is 0.480 e. The smallest absolute Gasteiger partial charge is 0.323 e. The van der Waals surface area contributed by atoms with Gasteiger partial charge in [0.25, 0.3) is 0 Å². The summed E-state index contributed by atoms with van der Waals surface area (Å²) < 4.78 is 0. The maximum absolute atomic E-state index is 11.7. The molecule has 8 heteroatoms. The fraction of sp³-hybridized carbons (Fsp3) is 0.667. The van der Waals surface area contributed by atoms with Crippen molar-refractivity contribution in [1.29, 1.82) is 0 Å². The maximum Gasteiger partial charge on any atom is 0.323 e. The molecule has 2 N–H and O–H groups in total. The molecule has 0 fully saturated rings. The van der Waals surface area contributed by atoms with E-state index in [9.17, 15) is 14.4 Å². The minimum atomic E-state index is -1.24. The molecule has 0 aromatic rings. The second-order valence-electron chi connectivity index (χ2n) is 3.34. The second-order valence-corrected chi connectivity index (χ2v) is 4.33. The molecule has 98 valence electrons. The molecule has 0 saturated heterocycles. The summed E-state index contributed by atoms with van der Waals surface area (Å²) in [5.41, 5.74) is 0. The van der Waals surface area contributed by atoms with Crippen molar-refractivity contribution in [1.82, 2.24) is 9.80 Å². The molecule has 0 bridgehead atoms. The van der Waals surface area contributed by atoms with E-state index in [2.05, 4.69) is 0 Å². The molecule has 0 aliphatic carbocycles. The number of carbonyl (C=O) groups excluding carboxylic acids is 1. The number of carboxylic acids is 2. The molecule has 0 saturated carbocycles. The molecule has 0 spiro atoms. The standard InChI is InChI=1S/C9H16N2O5S/c1-10(3-4-17-2)9(16)11(5-7(12)13)6-8(14)15/h3-6H2,1-2H3,(H,12,13)(H,14,15). The number of thioether (sulfide) groups is 1. The summed E-state index contributed by atoms with van der Waals surface area (Å²) in [6, 6.07) is -0.594. The quantitative estimate of drug-likeness (QED) is 0.665. The first-order chi connectivity index (χ1) is 7.88. The third-order valence-electron chi connectivity index (χ3n) is 1.88. The predicted molar refractivity (Wildman–Crippen MR) is 63.3 cm³/mol. The minimum Gasteiger partial charge on any atom is -0.480 e. The van der Waals surface area contributed by atoms with Crippen LogP contribution in [0.25, 0.3) is 0 Å². The summed E-state index contributed by atoms with van der Waals surface area (Å²) in [6.07, 6.45) is 1.88. The van der Waals surface area contributed by atoms with Crippen LogP contribution in [0.4, 0.5) is 4.79 Å². The zero-order chi connectivity index (χ0) is 13.4. The molecule has 0 unspecified atom stereocenters. The van der Waals surface area contributed by atoms with Crippen LogP contribution in [0.2, 0.25) is 0 Å². The first-order valence-electron chi connectivity index (χ1n) is 4.81. The number of hydrogen-bond acceptors (Lipinski definition) is 4. The van der Waals surface area contributed by atoms with Crippen LogP contribution >= 0.6 is 11.8 Å². The lowest BCUT2D eigenvalue weighted by Crippen LogP contribution is -2.46. The van der Waals surface area contributed by atoms with Gasteiger partial charge in [-0.2, -0.15) is 11.8 Å². The zero-order valence-electron chi connectivity index (χ0n) is 9.75. The van der Waals surface area contributed by atoms with Crippen molar-refractivity contribution in [2.75, 3.05) is 38.7 Å². The fourth-order valence-electron chi connectivity index (χ4n) is 1.08. The van der Waals surface area contributed by atoms with Gasteiger partial charge in [-0.05, 0) is 6.26 Å². The van der Waals surface area contributed by atoms with Crippen LogP contribution in [-0.2, 0) is 9.59 Å². The topological polar surface area (TPSA) is 98.2 Å². The molecule has 0 aromatic carbocycles. The van der Waals surface area contributed by atoms with Crippen molar-refractivity contribution in [3.63, 3.8) is 0 Å². The minimum absolute atomic E-state index is 0.440. The molecule has 0 radical (unpaired) electrons. The van der Waals surface area contributed by atoms with Gasteiger partial charge in [0, 0.05) is 19.3 Å². The van der Waals surface area contributed by atoms with E-state index in [1.165, 1.54) is 11.9 Å². The lowest BCUT2D eigenvalue weighted by atomic mass is 10.4. The Morgan fingerprint density at radius 1 is 1.12 bits per heavy atom. The summed E-state index contributed by atoms with van der Waals surface area (Å²) in [7, 11) is 1.51. The Morgan fingerprint density at radius 2 is 1.59 bits per heavy atom. The summed E-state index contributed by atoms with van der Waals surface area (Å²) >= 11 is 1.54. The van der Waals surface area contributed by atoms with E-state index < -0.39 is 31.1 Å². The van der Waals surface area contributed by atoms with Crippen LogP contribution in [0.3, 0.4) is 0 Å². The van der Waals surface area contributed by atoms with Crippen molar-refractivity contribution in [3.05, 3.63) is 0 Å². The summed E-state index contributed by atoms with van der Waals surface area (Å²) in [4.78, 5) is 34.9. The van der Waals surface area contributed by atoms with E-state index in [0.717, 1.165) is 4.90 Å². The van der Waals surface area contributed by atoms with E-state index in [0.29, 0.717) is 12.3 Å². The molecule has 17 heavy (non-hydrogen) atoms. The fourth-order valence-corrected chi connectivity index (χ4v) is 1.54. The highest BCUT2D eigenvalue weighted by molar-refractivity contribution is 7.98. The van der Waals surface area contributed by atoms with Crippen LogP contribution < -0.4 is 0 Å². The van der Waals surface area contributed by atoms with Crippen molar-refractivity contribution < 1.29 is 24.6 Å². The third-order valence-corrected chi connectivity index (χ3v) is 2.47. The van der Waals surface area contributed by atoms with Crippen LogP contribution in [0.15, 0.2) is 0 Å². The van der Waals surface area contributed by atoms with Gasteiger partial charge in [0.2, 0.25) is 0 Å². The van der Waals surface area contributed by atoms with Crippen LogP contribution in [-0.4, -0.2) is 76.7 Å². The zero-order valence-corrected chi connectivity index (χ0v) is 10.6. The normalized spacial score (nSPS) is 9.76. The van der Waals surface area contributed by atoms with E-state index in [1.807, 2.05) is 6.26 Å². The molecule has 0 aliphatic rings. The molecule has 0 aliphatic heterocycles. The van der Waals surface area contributed by atoms with Crippen molar-refractivity contribution >= 4 is 29.7 Å². The monoisotopic (exact) mass is 264 g/mol. The number of hydrogen-bond donors (Lipinski definition) is 2. The van der Waals surface area contributed by atoms with Crippen molar-refractivity contribution in [3.8, 4) is 0 Å². The lowest BCUT2D eigenvalue weighted by molar-refractivity contribution is -0.140. The summed E-state index contributed by atoms with van der Waals surface area (Å²) in [6.45, 7) is -0.792. The number of carbonyl (C=O) groups is 3. The van der Waals surface area contributed by atoms with Gasteiger partial charge in [0.05, 0.1) is 0 Å². The Bertz CT molecular complexity index is 281. The predicted octanol–water partition coefficient (Wildman–Crippen LogP) is -0.128. The number of urea groups is 1. The average molecular weight is 264 g/mol. The van der Waals surface area contributed by atoms with Gasteiger partial charge in [-0.3, -0.25) is 9.59 Å². The molecule has 7 nitrogen and oxygen atoms in total. The Balaban J connectivity index is 4.49. The number of carboxylic acid groups (broad SMARTS) is 2.